The minimum atomic E-state index is 0. The summed E-state index contributed by atoms with van der Waals surface area (Å²) in [6.07, 6.45) is 0. The fraction of sp³-hybridized carbons (Fsp3) is 0.889. The third-order valence-corrected chi connectivity index (χ3v) is 2.45. The van der Waals surface area contributed by atoms with Crippen LogP contribution in [0.2, 0.25) is 0 Å². The van der Waals surface area contributed by atoms with Gasteiger partial charge < -0.3 is 16.4 Å². The van der Waals surface area contributed by atoms with Gasteiger partial charge in [-0.25, -0.2) is 0 Å². The van der Waals surface area contributed by atoms with Crippen LogP contribution in [0.1, 0.15) is 13.8 Å². The van der Waals surface area contributed by atoms with E-state index in [1.165, 1.54) is 0 Å². The van der Waals surface area contributed by atoms with Crippen LogP contribution in [0.3, 0.4) is 0 Å². The van der Waals surface area contributed by atoms with Crippen molar-refractivity contribution in [1.29, 1.82) is 0 Å². The summed E-state index contributed by atoms with van der Waals surface area (Å²) in [5.41, 5.74) is 5.54. The Bertz CT molecular complexity index is 187. The molecule has 1 aliphatic rings. The van der Waals surface area contributed by atoms with Crippen LogP contribution < -0.4 is 16.4 Å². The summed E-state index contributed by atoms with van der Waals surface area (Å²) in [5, 5.41) is 6.05. The van der Waals surface area contributed by atoms with Gasteiger partial charge in [-0.1, -0.05) is 6.92 Å². The lowest BCUT2D eigenvalue weighted by Gasteiger charge is -2.15. The molecular formula is C9H20ClN3O. The largest absolute Gasteiger partial charge is 0.354 e. The highest BCUT2D eigenvalue weighted by Gasteiger charge is 2.29. The van der Waals surface area contributed by atoms with E-state index >= 15 is 0 Å². The van der Waals surface area contributed by atoms with E-state index in [1.54, 1.807) is 0 Å². The van der Waals surface area contributed by atoms with Gasteiger partial charge in [0, 0.05) is 19.1 Å². The quantitative estimate of drug-likeness (QED) is 0.615. The minimum Gasteiger partial charge on any atom is -0.354 e. The molecule has 0 aromatic heterocycles. The summed E-state index contributed by atoms with van der Waals surface area (Å²) in [6, 6.07) is 0.0358. The summed E-state index contributed by atoms with van der Waals surface area (Å²) in [4.78, 5) is 11.6. The summed E-state index contributed by atoms with van der Waals surface area (Å²) in [7, 11) is 0. The van der Waals surface area contributed by atoms with E-state index in [9.17, 15) is 4.79 Å². The third kappa shape index (κ3) is 3.82. The monoisotopic (exact) mass is 221 g/mol. The van der Waals surface area contributed by atoms with Crippen molar-refractivity contribution in [3.63, 3.8) is 0 Å². The normalized spacial score (nSPS) is 27.9. The van der Waals surface area contributed by atoms with Crippen LogP contribution >= 0.6 is 12.4 Å². The summed E-state index contributed by atoms with van der Waals surface area (Å²) < 4.78 is 0. The molecule has 14 heavy (non-hydrogen) atoms. The molecule has 1 aliphatic heterocycles. The first-order valence-electron chi connectivity index (χ1n) is 4.85. The Morgan fingerprint density at radius 3 is 2.71 bits per heavy atom. The van der Waals surface area contributed by atoms with Crippen molar-refractivity contribution in [2.45, 2.75) is 19.9 Å². The molecule has 5 heteroatoms. The highest BCUT2D eigenvalue weighted by Crippen LogP contribution is 2.15. The van der Waals surface area contributed by atoms with Gasteiger partial charge >= 0.3 is 0 Å². The van der Waals surface area contributed by atoms with Crippen molar-refractivity contribution in [3.8, 4) is 0 Å². The van der Waals surface area contributed by atoms with Gasteiger partial charge in [-0.2, -0.15) is 0 Å². The second-order valence-corrected chi connectivity index (χ2v) is 3.96. The van der Waals surface area contributed by atoms with E-state index in [-0.39, 0.29) is 30.3 Å². The van der Waals surface area contributed by atoms with Gasteiger partial charge in [0.05, 0.1) is 5.92 Å². The van der Waals surface area contributed by atoms with E-state index in [2.05, 4.69) is 17.6 Å². The van der Waals surface area contributed by atoms with E-state index in [1.807, 2.05) is 6.92 Å². The maximum atomic E-state index is 11.6. The summed E-state index contributed by atoms with van der Waals surface area (Å²) in [5.74, 6) is 0.696. The van der Waals surface area contributed by atoms with Gasteiger partial charge in [0.25, 0.3) is 0 Å². The summed E-state index contributed by atoms with van der Waals surface area (Å²) >= 11 is 0. The van der Waals surface area contributed by atoms with Crippen molar-refractivity contribution in [2.24, 2.45) is 17.6 Å². The second kappa shape index (κ2) is 6.22. The minimum absolute atomic E-state index is 0. The first kappa shape index (κ1) is 13.7. The molecule has 4 nitrogen and oxygen atoms in total. The first-order chi connectivity index (χ1) is 6.11. The Labute approximate surface area is 91.4 Å². The average molecular weight is 222 g/mol. The Kier molecular flexibility index (Phi) is 6.08. The van der Waals surface area contributed by atoms with Gasteiger partial charge in [0.1, 0.15) is 0 Å². The van der Waals surface area contributed by atoms with Gasteiger partial charge in [-0.3, -0.25) is 4.79 Å². The number of nitrogens with one attached hydrogen (secondary N) is 2. The molecule has 4 N–H and O–H groups in total. The standard InChI is InChI=1S/C9H19N3O.ClH/c1-6-3-11-5-8(6)9(13)12-4-7(2)10;/h6-8,11H,3-5,10H2,1-2H3,(H,12,13);1H. The fourth-order valence-electron chi connectivity index (χ4n) is 1.55. The molecule has 0 radical (unpaired) electrons. The van der Waals surface area contributed by atoms with Crippen LogP contribution in [0.25, 0.3) is 0 Å². The van der Waals surface area contributed by atoms with E-state index < -0.39 is 0 Å². The highest BCUT2D eigenvalue weighted by molar-refractivity contribution is 5.85. The molecule has 0 aliphatic carbocycles. The predicted octanol–water partition coefficient (Wildman–Crippen LogP) is -0.273. The number of amides is 1. The highest BCUT2D eigenvalue weighted by atomic mass is 35.5. The number of carbonyl (C=O) groups is 1. The van der Waals surface area contributed by atoms with Crippen LogP contribution in [0.5, 0.6) is 0 Å². The lowest BCUT2D eigenvalue weighted by molar-refractivity contribution is -0.125. The zero-order valence-corrected chi connectivity index (χ0v) is 9.56. The predicted molar refractivity (Wildman–Crippen MR) is 59.4 cm³/mol. The number of carbonyl (C=O) groups excluding carboxylic acids is 1. The molecule has 1 saturated heterocycles. The molecule has 84 valence electrons. The number of hydrogen-bond acceptors (Lipinski definition) is 3. The van der Waals surface area contributed by atoms with Crippen LogP contribution in [-0.4, -0.2) is 31.6 Å². The Balaban J connectivity index is 0.00000169. The Morgan fingerprint density at radius 2 is 2.29 bits per heavy atom. The van der Waals surface area contributed by atoms with E-state index in [0.29, 0.717) is 12.5 Å². The second-order valence-electron chi connectivity index (χ2n) is 3.96. The van der Waals surface area contributed by atoms with Gasteiger partial charge in [-0.15, -0.1) is 12.4 Å². The molecule has 0 spiro atoms. The maximum absolute atomic E-state index is 11.6. The first-order valence-corrected chi connectivity index (χ1v) is 4.85. The van der Waals surface area contributed by atoms with Crippen LogP contribution in [0.4, 0.5) is 0 Å². The van der Waals surface area contributed by atoms with Gasteiger partial charge in [0.2, 0.25) is 5.91 Å². The molecule has 0 bridgehead atoms. The van der Waals surface area contributed by atoms with E-state index in [0.717, 1.165) is 13.1 Å². The van der Waals surface area contributed by atoms with Crippen molar-refractivity contribution in [2.75, 3.05) is 19.6 Å². The molecule has 3 atom stereocenters. The Hall–Kier alpha value is -0.320. The van der Waals surface area contributed by atoms with Crippen molar-refractivity contribution in [1.82, 2.24) is 10.6 Å². The molecule has 0 saturated carbocycles. The van der Waals surface area contributed by atoms with E-state index in [4.69, 9.17) is 5.73 Å². The molecule has 1 amide bonds. The Morgan fingerprint density at radius 1 is 1.64 bits per heavy atom. The third-order valence-electron chi connectivity index (χ3n) is 2.45. The number of nitrogens with two attached hydrogens (primary N) is 1. The van der Waals surface area contributed by atoms with Gasteiger partial charge in [0.15, 0.2) is 0 Å². The molecule has 0 aromatic rings. The molecule has 1 rings (SSSR count). The number of halogens is 1. The lowest BCUT2D eigenvalue weighted by Crippen LogP contribution is -2.40. The van der Waals surface area contributed by atoms with Crippen molar-refractivity contribution in [3.05, 3.63) is 0 Å². The number of hydrogen-bond donors (Lipinski definition) is 3. The molecular weight excluding hydrogens is 202 g/mol. The van der Waals surface area contributed by atoms with Crippen LogP contribution in [-0.2, 0) is 4.79 Å². The number of rotatable bonds is 3. The molecule has 1 fully saturated rings. The molecule has 1 heterocycles. The van der Waals surface area contributed by atoms with Crippen molar-refractivity contribution < 1.29 is 4.79 Å². The lowest BCUT2D eigenvalue weighted by atomic mass is 9.97. The smallest absolute Gasteiger partial charge is 0.224 e. The van der Waals surface area contributed by atoms with Crippen molar-refractivity contribution >= 4 is 18.3 Å². The zero-order valence-electron chi connectivity index (χ0n) is 8.75. The van der Waals surface area contributed by atoms with Crippen LogP contribution in [0, 0.1) is 11.8 Å². The van der Waals surface area contributed by atoms with Gasteiger partial charge in [-0.05, 0) is 19.4 Å². The summed E-state index contributed by atoms with van der Waals surface area (Å²) in [6.45, 7) is 6.29. The van der Waals surface area contributed by atoms with Crippen LogP contribution in [0.15, 0.2) is 0 Å². The zero-order chi connectivity index (χ0) is 9.84. The SMILES string of the molecule is CC(N)CNC(=O)C1CNCC1C.Cl. The topological polar surface area (TPSA) is 67.1 Å². The fourth-order valence-corrected chi connectivity index (χ4v) is 1.55. The maximum Gasteiger partial charge on any atom is 0.224 e. The molecule has 3 unspecified atom stereocenters. The average Bonchev–Trinajstić information content (AvgIpc) is 2.47. The molecule has 0 aromatic carbocycles.